The first-order valence-corrected chi connectivity index (χ1v) is 5.99. The summed E-state index contributed by atoms with van der Waals surface area (Å²) in [4.78, 5) is 12.6. The van der Waals surface area contributed by atoms with Gasteiger partial charge in [-0.25, -0.2) is 0 Å². The minimum absolute atomic E-state index is 0.0608. The van der Waals surface area contributed by atoms with Gasteiger partial charge in [-0.15, -0.1) is 0 Å². The van der Waals surface area contributed by atoms with Gasteiger partial charge in [-0.2, -0.15) is 5.10 Å². The average molecular weight is 248 g/mol. The normalized spacial score (nSPS) is 16.1. The lowest BCUT2D eigenvalue weighted by atomic mass is 10.1. The second-order valence-electron chi connectivity index (χ2n) is 4.33. The second-order valence-corrected chi connectivity index (χ2v) is 4.33. The highest BCUT2D eigenvalue weighted by Crippen LogP contribution is 2.26. The van der Waals surface area contributed by atoms with Gasteiger partial charge in [0.2, 0.25) is 0 Å². The Bertz CT molecular complexity index is 467. The molecule has 1 saturated heterocycles. The van der Waals surface area contributed by atoms with Crippen molar-refractivity contribution in [2.24, 2.45) is 10.9 Å². The highest BCUT2D eigenvalue weighted by atomic mass is 16.6. The number of rotatable bonds is 3. The number of hydrogen-bond acceptors (Lipinski definition) is 5. The molecule has 1 aliphatic heterocycles. The van der Waals surface area contributed by atoms with Gasteiger partial charge < -0.3 is 10.7 Å². The third-order valence-corrected chi connectivity index (χ3v) is 3.13. The average Bonchev–Trinajstić information content (AvgIpc) is 2.40. The molecule has 1 aliphatic rings. The van der Waals surface area contributed by atoms with Crippen LogP contribution in [0.1, 0.15) is 24.8 Å². The Morgan fingerprint density at radius 3 is 2.67 bits per heavy atom. The van der Waals surface area contributed by atoms with Gasteiger partial charge in [0, 0.05) is 36.5 Å². The van der Waals surface area contributed by atoms with Crippen LogP contribution in [0.25, 0.3) is 0 Å². The maximum absolute atomic E-state index is 10.8. The highest BCUT2D eigenvalue weighted by Gasteiger charge is 2.16. The summed E-state index contributed by atoms with van der Waals surface area (Å²) in [5.74, 6) is 5.17. The molecule has 0 unspecified atom stereocenters. The minimum Gasteiger partial charge on any atom is -0.371 e. The van der Waals surface area contributed by atoms with Crippen LogP contribution in [-0.2, 0) is 0 Å². The number of non-ortho nitro benzene ring substituents is 1. The maximum Gasteiger partial charge on any atom is 0.270 e. The fourth-order valence-electron chi connectivity index (χ4n) is 2.26. The number of piperidine rings is 1. The number of nitrogens with zero attached hydrogens (tertiary/aromatic N) is 3. The quantitative estimate of drug-likeness (QED) is 0.383. The summed E-state index contributed by atoms with van der Waals surface area (Å²) >= 11 is 0. The van der Waals surface area contributed by atoms with E-state index in [0.29, 0.717) is 5.56 Å². The molecule has 1 aromatic carbocycles. The van der Waals surface area contributed by atoms with Gasteiger partial charge >= 0.3 is 0 Å². The smallest absolute Gasteiger partial charge is 0.270 e. The van der Waals surface area contributed by atoms with Gasteiger partial charge in [-0.1, -0.05) is 0 Å². The fourth-order valence-corrected chi connectivity index (χ4v) is 2.26. The van der Waals surface area contributed by atoms with Crippen molar-refractivity contribution in [2.75, 3.05) is 18.0 Å². The monoisotopic (exact) mass is 248 g/mol. The zero-order valence-corrected chi connectivity index (χ0v) is 10.1. The van der Waals surface area contributed by atoms with Gasteiger partial charge in [-0.3, -0.25) is 10.1 Å². The zero-order chi connectivity index (χ0) is 13.0. The number of hydrogen-bond donors (Lipinski definition) is 1. The molecule has 2 N–H and O–H groups in total. The van der Waals surface area contributed by atoms with Crippen LogP contribution in [0.2, 0.25) is 0 Å². The van der Waals surface area contributed by atoms with Gasteiger partial charge in [0.05, 0.1) is 11.1 Å². The van der Waals surface area contributed by atoms with E-state index in [2.05, 4.69) is 10.0 Å². The van der Waals surface area contributed by atoms with Crippen LogP contribution in [0, 0.1) is 10.1 Å². The molecule has 2 rings (SSSR count). The van der Waals surface area contributed by atoms with Crippen molar-refractivity contribution in [1.82, 2.24) is 0 Å². The molecule has 0 radical (unpaired) electrons. The molecule has 0 bridgehead atoms. The van der Waals surface area contributed by atoms with Crippen LogP contribution in [0.4, 0.5) is 11.4 Å². The number of anilines is 1. The zero-order valence-electron chi connectivity index (χ0n) is 10.1. The Hall–Kier alpha value is -2.11. The van der Waals surface area contributed by atoms with Crippen molar-refractivity contribution in [3.05, 3.63) is 33.9 Å². The molecular weight excluding hydrogens is 232 g/mol. The number of benzene rings is 1. The summed E-state index contributed by atoms with van der Waals surface area (Å²) in [6.45, 7) is 1.95. The molecule has 0 aromatic heterocycles. The van der Waals surface area contributed by atoms with Gasteiger partial charge in [-0.05, 0) is 25.3 Å². The fraction of sp³-hybridized carbons (Fsp3) is 0.417. The molecule has 0 amide bonds. The summed E-state index contributed by atoms with van der Waals surface area (Å²) in [6.07, 6.45) is 5.01. The van der Waals surface area contributed by atoms with Crippen molar-refractivity contribution in [2.45, 2.75) is 19.3 Å². The summed E-state index contributed by atoms with van der Waals surface area (Å²) < 4.78 is 0. The Morgan fingerprint density at radius 1 is 1.33 bits per heavy atom. The molecular formula is C12H16N4O2. The molecule has 1 fully saturated rings. The predicted molar refractivity (Wildman–Crippen MR) is 70.9 cm³/mol. The lowest BCUT2D eigenvalue weighted by molar-refractivity contribution is -0.384. The van der Waals surface area contributed by atoms with Crippen LogP contribution < -0.4 is 10.7 Å². The molecule has 0 spiro atoms. The van der Waals surface area contributed by atoms with Crippen LogP contribution in [0.3, 0.4) is 0 Å². The van der Waals surface area contributed by atoms with Crippen LogP contribution in [0.15, 0.2) is 23.3 Å². The number of nitrogens with two attached hydrogens (primary N) is 1. The second kappa shape index (κ2) is 5.48. The van der Waals surface area contributed by atoms with Gasteiger partial charge in [0.15, 0.2) is 0 Å². The molecule has 1 aromatic rings. The van der Waals surface area contributed by atoms with E-state index in [1.54, 1.807) is 6.07 Å². The van der Waals surface area contributed by atoms with Crippen molar-refractivity contribution in [1.29, 1.82) is 0 Å². The third kappa shape index (κ3) is 2.58. The summed E-state index contributed by atoms with van der Waals surface area (Å²) in [7, 11) is 0. The third-order valence-electron chi connectivity index (χ3n) is 3.13. The van der Waals surface area contributed by atoms with E-state index in [-0.39, 0.29) is 5.69 Å². The topological polar surface area (TPSA) is 84.8 Å². The van der Waals surface area contributed by atoms with E-state index in [9.17, 15) is 10.1 Å². The SMILES string of the molecule is NN=Cc1cc([N+](=O)[O-])ccc1N1CCCCC1. The van der Waals surface area contributed by atoms with E-state index in [4.69, 9.17) is 5.84 Å². The molecule has 6 heteroatoms. The largest absolute Gasteiger partial charge is 0.371 e. The highest BCUT2D eigenvalue weighted by molar-refractivity contribution is 5.89. The number of nitro groups is 1. The standard InChI is InChI=1S/C12H16N4O2/c13-14-9-10-8-11(16(17)18)4-5-12(10)15-6-2-1-3-7-15/h4-5,8-9H,1-3,6-7,13H2. The number of nitro benzene ring substituents is 1. The first-order chi connectivity index (χ1) is 8.72. The first-order valence-electron chi connectivity index (χ1n) is 5.99. The number of hydrazone groups is 1. The summed E-state index contributed by atoms with van der Waals surface area (Å²) in [5.41, 5.74) is 1.73. The summed E-state index contributed by atoms with van der Waals surface area (Å²) in [6, 6.07) is 4.82. The van der Waals surface area contributed by atoms with Gasteiger partial charge in [0.1, 0.15) is 0 Å². The Balaban J connectivity index is 2.36. The van der Waals surface area contributed by atoms with Crippen LogP contribution in [-0.4, -0.2) is 24.2 Å². The molecule has 0 atom stereocenters. The minimum atomic E-state index is -0.409. The van der Waals surface area contributed by atoms with Crippen molar-refractivity contribution in [3.63, 3.8) is 0 Å². The van der Waals surface area contributed by atoms with Crippen molar-refractivity contribution < 1.29 is 4.92 Å². The van der Waals surface area contributed by atoms with Crippen LogP contribution in [0.5, 0.6) is 0 Å². The molecule has 96 valence electrons. The first kappa shape index (κ1) is 12.3. The lowest BCUT2D eigenvalue weighted by Gasteiger charge is -2.29. The van der Waals surface area contributed by atoms with E-state index in [1.165, 1.54) is 24.8 Å². The van der Waals surface area contributed by atoms with E-state index < -0.39 is 4.92 Å². The Kier molecular flexibility index (Phi) is 3.76. The predicted octanol–water partition coefficient (Wildman–Crippen LogP) is 1.88. The van der Waals surface area contributed by atoms with Crippen molar-refractivity contribution >= 4 is 17.6 Å². The van der Waals surface area contributed by atoms with E-state index in [0.717, 1.165) is 31.6 Å². The van der Waals surface area contributed by atoms with Crippen molar-refractivity contribution in [3.8, 4) is 0 Å². The Labute approximate surface area is 105 Å². The molecule has 0 saturated carbocycles. The Morgan fingerprint density at radius 2 is 2.06 bits per heavy atom. The molecule has 18 heavy (non-hydrogen) atoms. The van der Waals surface area contributed by atoms with E-state index >= 15 is 0 Å². The maximum atomic E-state index is 10.8. The van der Waals surface area contributed by atoms with E-state index in [1.807, 2.05) is 0 Å². The molecule has 1 heterocycles. The molecule has 0 aliphatic carbocycles. The molecule has 6 nitrogen and oxygen atoms in total. The lowest BCUT2D eigenvalue weighted by Crippen LogP contribution is -2.30. The van der Waals surface area contributed by atoms with Crippen LogP contribution >= 0.6 is 0 Å². The summed E-state index contributed by atoms with van der Waals surface area (Å²) in [5, 5.41) is 14.2. The van der Waals surface area contributed by atoms with Gasteiger partial charge in [0.25, 0.3) is 5.69 Å².